The standard InChI is InChI=1S/C24H30N4O2/c1-4-30-22-13-8-7-12-21(22)28-17-18(16-23(28)29)24-25-19-10-5-6-11-20(19)27(24)15-9-14-26(2)3/h5-8,10-13,18H,4,9,14-17H2,1-3H3/t18-/m0/s1. The average Bonchev–Trinajstić information content (AvgIpc) is 3.29. The fraction of sp³-hybridized carbons (Fsp3) is 0.417. The molecule has 1 fully saturated rings. The molecule has 0 bridgehead atoms. The normalized spacial score (nSPS) is 16.7. The minimum Gasteiger partial charge on any atom is -0.492 e. The molecule has 0 saturated carbocycles. The van der Waals surface area contributed by atoms with E-state index in [1.54, 1.807) is 0 Å². The molecule has 4 rings (SSSR count). The first-order chi connectivity index (χ1) is 14.6. The summed E-state index contributed by atoms with van der Waals surface area (Å²) < 4.78 is 8.08. The number of fused-ring (bicyclic) bond motifs is 1. The Hall–Kier alpha value is -2.86. The maximum atomic E-state index is 13.0. The van der Waals surface area contributed by atoms with Crippen LogP contribution in [0.5, 0.6) is 5.75 Å². The maximum Gasteiger partial charge on any atom is 0.227 e. The molecule has 1 saturated heterocycles. The number of rotatable bonds is 8. The Morgan fingerprint density at radius 3 is 2.70 bits per heavy atom. The summed E-state index contributed by atoms with van der Waals surface area (Å²) >= 11 is 0. The lowest BCUT2D eigenvalue weighted by Crippen LogP contribution is -2.25. The molecule has 1 atom stereocenters. The zero-order chi connectivity index (χ0) is 21.1. The number of carbonyl (C=O) groups is 1. The van der Waals surface area contributed by atoms with Crippen LogP contribution in [0.2, 0.25) is 0 Å². The molecule has 0 aliphatic carbocycles. The Morgan fingerprint density at radius 2 is 1.90 bits per heavy atom. The summed E-state index contributed by atoms with van der Waals surface area (Å²) in [6, 6.07) is 16.0. The van der Waals surface area contributed by atoms with Crippen molar-refractivity contribution >= 4 is 22.6 Å². The first-order valence-corrected chi connectivity index (χ1v) is 10.7. The van der Waals surface area contributed by atoms with E-state index in [-0.39, 0.29) is 11.8 Å². The van der Waals surface area contributed by atoms with Crippen molar-refractivity contribution in [1.29, 1.82) is 0 Å². The molecule has 0 spiro atoms. The second-order valence-electron chi connectivity index (χ2n) is 8.07. The number of ether oxygens (including phenoxy) is 1. The van der Waals surface area contributed by atoms with Gasteiger partial charge in [0.05, 0.1) is 23.3 Å². The van der Waals surface area contributed by atoms with Crippen molar-refractivity contribution in [1.82, 2.24) is 14.5 Å². The largest absolute Gasteiger partial charge is 0.492 e. The van der Waals surface area contributed by atoms with E-state index in [4.69, 9.17) is 9.72 Å². The van der Waals surface area contributed by atoms with Crippen LogP contribution < -0.4 is 9.64 Å². The number of amides is 1. The van der Waals surface area contributed by atoms with Crippen LogP contribution in [0.4, 0.5) is 5.69 Å². The smallest absolute Gasteiger partial charge is 0.227 e. The van der Waals surface area contributed by atoms with Gasteiger partial charge in [-0.3, -0.25) is 4.79 Å². The summed E-state index contributed by atoms with van der Waals surface area (Å²) in [5.41, 5.74) is 2.99. The zero-order valence-electron chi connectivity index (χ0n) is 18.0. The van der Waals surface area contributed by atoms with Crippen LogP contribution >= 0.6 is 0 Å². The molecule has 6 heteroatoms. The van der Waals surface area contributed by atoms with Gasteiger partial charge in [0, 0.05) is 25.4 Å². The molecule has 30 heavy (non-hydrogen) atoms. The van der Waals surface area contributed by atoms with E-state index in [9.17, 15) is 4.79 Å². The monoisotopic (exact) mass is 406 g/mol. The molecule has 0 N–H and O–H groups in total. The van der Waals surface area contributed by atoms with Gasteiger partial charge in [0.15, 0.2) is 0 Å². The van der Waals surface area contributed by atoms with Crippen molar-refractivity contribution in [3.63, 3.8) is 0 Å². The van der Waals surface area contributed by atoms with Gasteiger partial charge in [-0.15, -0.1) is 0 Å². The Kier molecular flexibility index (Phi) is 6.04. The summed E-state index contributed by atoms with van der Waals surface area (Å²) in [5, 5.41) is 0. The average molecular weight is 407 g/mol. The molecule has 0 unspecified atom stereocenters. The van der Waals surface area contributed by atoms with Gasteiger partial charge in [0.2, 0.25) is 5.91 Å². The first-order valence-electron chi connectivity index (χ1n) is 10.7. The summed E-state index contributed by atoms with van der Waals surface area (Å²) in [6.07, 6.45) is 1.51. The number of hydrogen-bond donors (Lipinski definition) is 0. The van der Waals surface area contributed by atoms with E-state index in [1.165, 1.54) is 0 Å². The van der Waals surface area contributed by atoms with E-state index in [0.29, 0.717) is 19.6 Å². The first kappa shape index (κ1) is 20.4. The third kappa shape index (κ3) is 4.05. The molecule has 2 heterocycles. The fourth-order valence-corrected chi connectivity index (χ4v) is 4.26. The van der Waals surface area contributed by atoms with Crippen LogP contribution in [0.1, 0.15) is 31.5 Å². The molecule has 1 aromatic heterocycles. The van der Waals surface area contributed by atoms with E-state index < -0.39 is 0 Å². The van der Waals surface area contributed by atoms with Crippen molar-refractivity contribution in [2.45, 2.75) is 32.2 Å². The molecule has 0 radical (unpaired) electrons. The van der Waals surface area contributed by atoms with Crippen LogP contribution in [0, 0.1) is 0 Å². The highest BCUT2D eigenvalue weighted by molar-refractivity contribution is 5.97. The minimum absolute atomic E-state index is 0.0685. The number of benzene rings is 2. The molecular weight excluding hydrogens is 376 g/mol. The van der Waals surface area contributed by atoms with Gasteiger partial charge in [-0.25, -0.2) is 4.98 Å². The van der Waals surface area contributed by atoms with Crippen LogP contribution in [-0.4, -0.2) is 54.1 Å². The summed E-state index contributed by atoms with van der Waals surface area (Å²) in [6.45, 7) is 5.07. The lowest BCUT2D eigenvalue weighted by Gasteiger charge is -2.20. The number of hydrogen-bond acceptors (Lipinski definition) is 4. The SMILES string of the molecule is CCOc1ccccc1N1C[C@@H](c2nc3ccccc3n2CCCN(C)C)CC1=O. The number of aryl methyl sites for hydroxylation is 1. The van der Waals surface area contributed by atoms with Crippen molar-refractivity contribution < 1.29 is 9.53 Å². The van der Waals surface area contributed by atoms with E-state index in [0.717, 1.165) is 47.8 Å². The summed E-state index contributed by atoms with van der Waals surface area (Å²) in [4.78, 5) is 22.0. The van der Waals surface area contributed by atoms with Crippen LogP contribution in [0.3, 0.4) is 0 Å². The van der Waals surface area contributed by atoms with Gasteiger partial charge in [-0.1, -0.05) is 24.3 Å². The quantitative estimate of drug-likeness (QED) is 0.569. The van der Waals surface area contributed by atoms with Gasteiger partial charge in [0.1, 0.15) is 11.6 Å². The van der Waals surface area contributed by atoms with Gasteiger partial charge in [0.25, 0.3) is 0 Å². The van der Waals surface area contributed by atoms with Gasteiger partial charge < -0.3 is 19.1 Å². The molecule has 1 aliphatic heterocycles. The number of aromatic nitrogens is 2. The zero-order valence-corrected chi connectivity index (χ0v) is 18.0. The molecule has 3 aromatic rings. The number of nitrogens with zero attached hydrogens (tertiary/aromatic N) is 4. The van der Waals surface area contributed by atoms with Gasteiger partial charge in [-0.2, -0.15) is 0 Å². The highest BCUT2D eigenvalue weighted by atomic mass is 16.5. The Balaban J connectivity index is 1.64. The van der Waals surface area contributed by atoms with Crippen LogP contribution in [0.25, 0.3) is 11.0 Å². The van der Waals surface area contributed by atoms with Crippen molar-refractivity contribution in [3.8, 4) is 5.75 Å². The van der Waals surface area contributed by atoms with Crippen molar-refractivity contribution in [2.75, 3.05) is 38.7 Å². The molecule has 1 aliphatic rings. The highest BCUT2D eigenvalue weighted by Crippen LogP contribution is 2.37. The van der Waals surface area contributed by atoms with Crippen LogP contribution in [-0.2, 0) is 11.3 Å². The lowest BCUT2D eigenvalue weighted by molar-refractivity contribution is -0.117. The van der Waals surface area contributed by atoms with Crippen molar-refractivity contribution in [3.05, 3.63) is 54.4 Å². The van der Waals surface area contributed by atoms with E-state index >= 15 is 0 Å². The molecule has 2 aromatic carbocycles. The number of imidazole rings is 1. The predicted molar refractivity (Wildman–Crippen MR) is 120 cm³/mol. The lowest BCUT2D eigenvalue weighted by atomic mass is 10.1. The molecule has 158 valence electrons. The number of carbonyl (C=O) groups excluding carboxylic acids is 1. The van der Waals surface area contributed by atoms with E-state index in [2.05, 4.69) is 41.8 Å². The Bertz CT molecular complexity index is 1030. The van der Waals surface area contributed by atoms with E-state index in [1.807, 2.05) is 42.2 Å². The Morgan fingerprint density at radius 1 is 1.13 bits per heavy atom. The second kappa shape index (κ2) is 8.88. The van der Waals surface area contributed by atoms with Crippen molar-refractivity contribution in [2.24, 2.45) is 0 Å². The van der Waals surface area contributed by atoms with Crippen LogP contribution in [0.15, 0.2) is 48.5 Å². The highest BCUT2D eigenvalue weighted by Gasteiger charge is 2.35. The summed E-state index contributed by atoms with van der Waals surface area (Å²) in [5.74, 6) is 1.96. The predicted octanol–water partition coefficient (Wildman–Crippen LogP) is 3.91. The van der Waals surface area contributed by atoms with Gasteiger partial charge in [-0.05, 0) is 58.3 Å². The molecule has 6 nitrogen and oxygen atoms in total. The topological polar surface area (TPSA) is 50.6 Å². The van der Waals surface area contributed by atoms with Gasteiger partial charge >= 0.3 is 0 Å². The Labute approximate surface area is 178 Å². The number of para-hydroxylation sites is 4. The number of anilines is 1. The second-order valence-corrected chi connectivity index (χ2v) is 8.07. The third-order valence-electron chi connectivity index (χ3n) is 5.62. The third-order valence-corrected chi connectivity index (χ3v) is 5.62. The fourth-order valence-electron chi connectivity index (χ4n) is 4.26. The molecule has 1 amide bonds. The summed E-state index contributed by atoms with van der Waals surface area (Å²) in [7, 11) is 4.19. The minimum atomic E-state index is 0.0685. The molecular formula is C24H30N4O2. The maximum absolute atomic E-state index is 13.0.